The summed E-state index contributed by atoms with van der Waals surface area (Å²) in [6.45, 7) is 2.02. The van der Waals surface area contributed by atoms with E-state index in [1.54, 1.807) is 24.3 Å². The Labute approximate surface area is 126 Å². The number of sulfone groups is 1. The maximum absolute atomic E-state index is 12.3. The third kappa shape index (κ3) is 3.63. The summed E-state index contributed by atoms with van der Waals surface area (Å²) in [7, 11) is -6.00. The van der Waals surface area contributed by atoms with Gasteiger partial charge >= 0.3 is 0 Å². The molecule has 0 spiro atoms. The van der Waals surface area contributed by atoms with Crippen molar-refractivity contribution >= 4 is 31.3 Å². The standard InChI is InChI=1S/C15H18O4S2/c1-2-3-4-10-21(18,19)13-8-9-14-12(11-13)6-5-7-15(14)20(16)17/h5-9,11,20H,2-4,10H2,1H3. The van der Waals surface area contributed by atoms with Gasteiger partial charge in [0, 0.05) is 5.39 Å². The first-order chi connectivity index (χ1) is 9.95. The van der Waals surface area contributed by atoms with Crippen LogP contribution in [-0.2, 0) is 20.5 Å². The highest BCUT2D eigenvalue weighted by molar-refractivity contribution is 7.91. The minimum absolute atomic E-state index is 0.127. The van der Waals surface area contributed by atoms with E-state index in [9.17, 15) is 16.8 Å². The van der Waals surface area contributed by atoms with Crippen molar-refractivity contribution in [3.63, 3.8) is 0 Å². The smallest absolute Gasteiger partial charge is 0.178 e. The average Bonchev–Trinajstić information content (AvgIpc) is 2.46. The van der Waals surface area contributed by atoms with Crippen LogP contribution in [0.15, 0.2) is 46.2 Å². The van der Waals surface area contributed by atoms with Gasteiger partial charge in [-0.2, -0.15) is 0 Å². The number of hydrogen-bond acceptors (Lipinski definition) is 4. The second-order valence-electron chi connectivity index (χ2n) is 4.94. The molecule has 0 heterocycles. The lowest BCUT2D eigenvalue weighted by atomic mass is 10.1. The third-order valence-corrected chi connectivity index (χ3v) is 5.98. The molecule has 0 aliphatic carbocycles. The number of fused-ring (bicyclic) bond motifs is 1. The van der Waals surface area contributed by atoms with E-state index in [1.807, 2.05) is 6.92 Å². The molecule has 0 aromatic heterocycles. The average molecular weight is 326 g/mol. The SMILES string of the molecule is CCCCCS(=O)(=O)c1ccc2c([SH](=O)=O)cccc2c1. The molecule has 0 unspecified atom stereocenters. The van der Waals surface area contributed by atoms with Gasteiger partial charge in [0.2, 0.25) is 0 Å². The van der Waals surface area contributed by atoms with Crippen LogP contribution in [0.5, 0.6) is 0 Å². The van der Waals surface area contributed by atoms with E-state index in [4.69, 9.17) is 0 Å². The highest BCUT2D eigenvalue weighted by Gasteiger charge is 2.15. The van der Waals surface area contributed by atoms with Gasteiger partial charge in [-0.05, 0) is 30.0 Å². The Kier molecular flexibility index (Phi) is 5.00. The van der Waals surface area contributed by atoms with Crippen LogP contribution in [0.1, 0.15) is 26.2 Å². The Hall–Kier alpha value is -1.40. The van der Waals surface area contributed by atoms with Crippen molar-refractivity contribution in [1.82, 2.24) is 0 Å². The van der Waals surface area contributed by atoms with Crippen LogP contribution >= 0.6 is 0 Å². The summed E-state index contributed by atoms with van der Waals surface area (Å²) >= 11 is 0. The first-order valence-electron chi connectivity index (χ1n) is 6.85. The van der Waals surface area contributed by atoms with Gasteiger partial charge in [0.1, 0.15) is 0 Å². The minimum Gasteiger partial charge on any atom is -0.227 e. The fourth-order valence-corrected chi connectivity index (χ4v) is 4.27. The van der Waals surface area contributed by atoms with Crippen molar-refractivity contribution in [1.29, 1.82) is 0 Å². The Bertz CT molecular complexity index is 813. The van der Waals surface area contributed by atoms with Gasteiger partial charge in [0.05, 0.1) is 15.5 Å². The van der Waals surface area contributed by atoms with E-state index < -0.39 is 20.5 Å². The van der Waals surface area contributed by atoms with Crippen LogP contribution in [0.2, 0.25) is 0 Å². The summed E-state index contributed by atoms with van der Waals surface area (Å²) in [6, 6.07) is 9.48. The molecular weight excluding hydrogens is 308 g/mol. The Balaban J connectivity index is 2.44. The normalized spacial score (nSPS) is 12.1. The molecule has 0 fully saturated rings. The molecule has 4 nitrogen and oxygen atoms in total. The van der Waals surface area contributed by atoms with Gasteiger partial charge in [0.25, 0.3) is 0 Å². The van der Waals surface area contributed by atoms with E-state index in [0.717, 1.165) is 12.8 Å². The van der Waals surface area contributed by atoms with E-state index in [2.05, 4.69) is 0 Å². The summed E-state index contributed by atoms with van der Waals surface area (Å²) in [6.07, 6.45) is 2.49. The maximum atomic E-state index is 12.3. The van der Waals surface area contributed by atoms with Gasteiger partial charge in [-0.3, -0.25) is 0 Å². The predicted octanol–water partition coefficient (Wildman–Crippen LogP) is 2.77. The van der Waals surface area contributed by atoms with Crippen LogP contribution in [-0.4, -0.2) is 22.6 Å². The fourth-order valence-electron chi connectivity index (χ4n) is 2.26. The first-order valence-corrected chi connectivity index (χ1v) is 9.68. The molecule has 0 saturated carbocycles. The van der Waals surface area contributed by atoms with Gasteiger partial charge < -0.3 is 0 Å². The second-order valence-corrected chi connectivity index (χ2v) is 8.05. The molecule has 0 N–H and O–H groups in total. The van der Waals surface area contributed by atoms with Gasteiger partial charge in [-0.15, -0.1) is 0 Å². The molecule has 114 valence electrons. The van der Waals surface area contributed by atoms with Gasteiger partial charge in [-0.25, -0.2) is 16.8 Å². The number of thiol groups is 1. The molecule has 0 atom stereocenters. The number of unbranched alkanes of at least 4 members (excludes halogenated alkanes) is 2. The van der Waals surface area contributed by atoms with Crippen molar-refractivity contribution in [2.75, 3.05) is 5.75 Å². The highest BCUT2D eigenvalue weighted by atomic mass is 32.2. The van der Waals surface area contributed by atoms with E-state index in [1.165, 1.54) is 12.1 Å². The molecule has 2 aromatic carbocycles. The van der Waals surface area contributed by atoms with Crippen molar-refractivity contribution in [2.45, 2.75) is 36.0 Å². The molecule has 0 aliphatic heterocycles. The molecule has 0 bridgehead atoms. The van der Waals surface area contributed by atoms with Crippen molar-refractivity contribution in [2.24, 2.45) is 0 Å². The summed E-state index contributed by atoms with van der Waals surface area (Å²) in [5, 5.41) is 1.18. The molecular formula is C15H18O4S2. The van der Waals surface area contributed by atoms with Crippen LogP contribution in [0.3, 0.4) is 0 Å². The van der Waals surface area contributed by atoms with Crippen molar-refractivity contribution in [3.8, 4) is 0 Å². The fraction of sp³-hybridized carbons (Fsp3) is 0.333. The molecule has 21 heavy (non-hydrogen) atoms. The Morgan fingerprint density at radius 3 is 2.48 bits per heavy atom. The minimum atomic E-state index is -3.31. The quantitative estimate of drug-likeness (QED) is 0.655. The van der Waals surface area contributed by atoms with Gasteiger partial charge in [-0.1, -0.05) is 38.0 Å². The maximum Gasteiger partial charge on any atom is 0.178 e. The van der Waals surface area contributed by atoms with Crippen molar-refractivity contribution < 1.29 is 16.8 Å². The van der Waals surface area contributed by atoms with Crippen LogP contribution in [0, 0.1) is 0 Å². The summed E-state index contributed by atoms with van der Waals surface area (Å²) in [5.41, 5.74) is 0. The Morgan fingerprint density at radius 1 is 1.05 bits per heavy atom. The van der Waals surface area contributed by atoms with E-state index in [0.29, 0.717) is 17.2 Å². The third-order valence-electron chi connectivity index (χ3n) is 3.40. The molecule has 0 saturated heterocycles. The molecule has 2 aromatic rings. The number of benzene rings is 2. The highest BCUT2D eigenvalue weighted by Crippen LogP contribution is 2.24. The first kappa shape index (κ1) is 16.0. The summed E-state index contributed by atoms with van der Waals surface area (Å²) in [4.78, 5) is 0.474. The van der Waals surface area contributed by atoms with Crippen LogP contribution < -0.4 is 0 Å². The molecule has 2 rings (SSSR count). The zero-order valence-electron chi connectivity index (χ0n) is 11.8. The zero-order valence-corrected chi connectivity index (χ0v) is 13.5. The number of hydrogen-bond donors (Lipinski definition) is 1. The largest absolute Gasteiger partial charge is 0.227 e. The van der Waals surface area contributed by atoms with E-state index in [-0.39, 0.29) is 15.5 Å². The monoisotopic (exact) mass is 326 g/mol. The van der Waals surface area contributed by atoms with Crippen LogP contribution in [0.25, 0.3) is 10.8 Å². The molecule has 0 radical (unpaired) electrons. The lowest BCUT2D eigenvalue weighted by molar-refractivity contribution is 0.591. The molecule has 6 heteroatoms. The van der Waals surface area contributed by atoms with Crippen LogP contribution in [0.4, 0.5) is 0 Å². The van der Waals surface area contributed by atoms with Gasteiger partial charge in [0.15, 0.2) is 20.5 Å². The summed E-state index contributed by atoms with van der Waals surface area (Å²) in [5.74, 6) is 0.127. The number of rotatable bonds is 6. The summed E-state index contributed by atoms with van der Waals surface area (Å²) < 4.78 is 46.9. The topological polar surface area (TPSA) is 68.3 Å². The Morgan fingerprint density at radius 2 is 1.81 bits per heavy atom. The predicted molar refractivity (Wildman–Crippen MR) is 84.1 cm³/mol. The molecule has 0 aliphatic rings. The zero-order chi connectivity index (χ0) is 15.5. The van der Waals surface area contributed by atoms with Crippen molar-refractivity contribution in [3.05, 3.63) is 36.4 Å². The second kappa shape index (κ2) is 6.58. The lowest BCUT2D eigenvalue weighted by Crippen LogP contribution is -2.06. The van der Waals surface area contributed by atoms with E-state index >= 15 is 0 Å². The lowest BCUT2D eigenvalue weighted by Gasteiger charge is -2.07. The molecule has 0 amide bonds.